The number of nitrogens with two attached hydrogens (primary N) is 1. The van der Waals surface area contributed by atoms with Crippen LogP contribution in [0, 0.1) is 5.92 Å². The maximum Gasteiger partial charge on any atom is 0.225 e. The highest BCUT2D eigenvalue weighted by Crippen LogP contribution is 2.32. The van der Waals surface area contributed by atoms with Gasteiger partial charge < -0.3 is 11.1 Å². The summed E-state index contributed by atoms with van der Waals surface area (Å²) >= 11 is 0. The molecule has 20 heavy (non-hydrogen) atoms. The topological polar surface area (TPSA) is 68.0 Å². The average molecular weight is 298 g/mol. The third kappa shape index (κ3) is 3.93. The summed E-state index contributed by atoms with van der Waals surface area (Å²) in [6.45, 7) is 3.97. The van der Waals surface area contributed by atoms with E-state index in [0.29, 0.717) is 0 Å². The molecule has 3 atom stereocenters. The zero-order valence-corrected chi connectivity index (χ0v) is 13.0. The molecule has 1 heterocycles. The van der Waals surface area contributed by atoms with Crippen molar-refractivity contribution in [3.05, 3.63) is 30.1 Å². The summed E-state index contributed by atoms with van der Waals surface area (Å²) in [6, 6.07) is 3.82. The van der Waals surface area contributed by atoms with Crippen molar-refractivity contribution in [1.82, 2.24) is 10.3 Å². The smallest absolute Gasteiger partial charge is 0.225 e. The number of carbonyl (C=O) groups excluding carboxylic acids is 1. The van der Waals surface area contributed by atoms with E-state index in [1.54, 1.807) is 12.4 Å². The van der Waals surface area contributed by atoms with Gasteiger partial charge in [-0.05, 0) is 38.3 Å². The fourth-order valence-electron chi connectivity index (χ4n) is 2.82. The Morgan fingerprint density at radius 2 is 2.30 bits per heavy atom. The number of pyridine rings is 1. The van der Waals surface area contributed by atoms with Crippen LogP contribution in [0.1, 0.15) is 51.1 Å². The van der Waals surface area contributed by atoms with Crippen LogP contribution in [0.15, 0.2) is 24.5 Å². The molecule has 0 radical (unpaired) electrons. The third-order valence-corrected chi connectivity index (χ3v) is 4.11. The van der Waals surface area contributed by atoms with Gasteiger partial charge in [-0.3, -0.25) is 9.78 Å². The molecule has 0 spiro atoms. The summed E-state index contributed by atoms with van der Waals surface area (Å²) in [5, 5.41) is 3.06. The second-order valence-electron chi connectivity index (χ2n) is 5.82. The molecule has 1 aliphatic rings. The van der Waals surface area contributed by atoms with Crippen LogP contribution >= 0.6 is 12.4 Å². The minimum atomic E-state index is -0.378. The van der Waals surface area contributed by atoms with E-state index in [0.717, 1.165) is 31.2 Å². The van der Waals surface area contributed by atoms with Gasteiger partial charge in [-0.2, -0.15) is 0 Å². The first-order valence-electron chi connectivity index (χ1n) is 7.00. The van der Waals surface area contributed by atoms with Crippen molar-refractivity contribution in [2.24, 2.45) is 11.7 Å². The number of rotatable bonds is 3. The number of aromatic nitrogens is 1. The maximum absolute atomic E-state index is 12.4. The number of nitrogens with zero attached hydrogens (tertiary/aromatic N) is 1. The van der Waals surface area contributed by atoms with E-state index in [-0.39, 0.29) is 35.8 Å². The van der Waals surface area contributed by atoms with Gasteiger partial charge in [0, 0.05) is 17.9 Å². The summed E-state index contributed by atoms with van der Waals surface area (Å²) in [6.07, 6.45) is 7.54. The second-order valence-corrected chi connectivity index (χ2v) is 5.82. The lowest BCUT2D eigenvalue weighted by molar-refractivity contribution is -0.128. The van der Waals surface area contributed by atoms with Crippen LogP contribution in [0.2, 0.25) is 0 Å². The van der Waals surface area contributed by atoms with Gasteiger partial charge in [0.15, 0.2) is 0 Å². The monoisotopic (exact) mass is 297 g/mol. The SMILES string of the molecule is CC(NC(=O)C1CCCCC1(C)N)c1cccnc1.Cl. The summed E-state index contributed by atoms with van der Waals surface area (Å²) in [5.41, 5.74) is 6.91. The molecule has 1 aromatic rings. The van der Waals surface area contributed by atoms with Gasteiger partial charge in [-0.25, -0.2) is 0 Å². The van der Waals surface area contributed by atoms with Crippen molar-refractivity contribution in [2.75, 3.05) is 0 Å². The van der Waals surface area contributed by atoms with Crippen LogP contribution in [0.4, 0.5) is 0 Å². The quantitative estimate of drug-likeness (QED) is 0.901. The average Bonchev–Trinajstić information content (AvgIpc) is 2.39. The lowest BCUT2D eigenvalue weighted by atomic mass is 9.74. The fourth-order valence-corrected chi connectivity index (χ4v) is 2.82. The molecular weight excluding hydrogens is 274 g/mol. The lowest BCUT2D eigenvalue weighted by Crippen LogP contribution is -2.53. The Morgan fingerprint density at radius 3 is 2.90 bits per heavy atom. The molecule has 4 nitrogen and oxygen atoms in total. The number of hydrogen-bond donors (Lipinski definition) is 2. The molecule has 0 aliphatic heterocycles. The van der Waals surface area contributed by atoms with Gasteiger partial charge in [0.1, 0.15) is 0 Å². The van der Waals surface area contributed by atoms with Crippen molar-refractivity contribution >= 4 is 18.3 Å². The van der Waals surface area contributed by atoms with Gasteiger partial charge in [0.2, 0.25) is 5.91 Å². The van der Waals surface area contributed by atoms with Crippen LogP contribution in [0.3, 0.4) is 0 Å². The molecule has 1 aromatic heterocycles. The van der Waals surface area contributed by atoms with Gasteiger partial charge >= 0.3 is 0 Å². The van der Waals surface area contributed by atoms with Crippen molar-refractivity contribution in [3.63, 3.8) is 0 Å². The van der Waals surface area contributed by atoms with E-state index in [1.165, 1.54) is 0 Å². The molecule has 112 valence electrons. The highest BCUT2D eigenvalue weighted by atomic mass is 35.5. The minimum Gasteiger partial charge on any atom is -0.349 e. The van der Waals surface area contributed by atoms with E-state index < -0.39 is 0 Å². The molecule has 0 aromatic carbocycles. The van der Waals surface area contributed by atoms with Gasteiger partial charge in [0.25, 0.3) is 0 Å². The van der Waals surface area contributed by atoms with Crippen molar-refractivity contribution in [3.8, 4) is 0 Å². The number of carbonyl (C=O) groups is 1. The van der Waals surface area contributed by atoms with Gasteiger partial charge in [-0.15, -0.1) is 12.4 Å². The fraction of sp³-hybridized carbons (Fsp3) is 0.600. The molecule has 0 bridgehead atoms. The molecule has 1 saturated carbocycles. The van der Waals surface area contributed by atoms with Gasteiger partial charge in [0.05, 0.1) is 12.0 Å². The predicted molar refractivity (Wildman–Crippen MR) is 82.6 cm³/mol. The number of hydrogen-bond acceptors (Lipinski definition) is 3. The Hall–Kier alpha value is -1.13. The maximum atomic E-state index is 12.4. The second kappa shape index (κ2) is 7.04. The first kappa shape index (κ1) is 16.9. The molecule has 1 fully saturated rings. The van der Waals surface area contributed by atoms with Crippen LogP contribution in [0.5, 0.6) is 0 Å². The van der Waals surface area contributed by atoms with E-state index in [2.05, 4.69) is 10.3 Å². The molecule has 0 saturated heterocycles. The molecule has 3 N–H and O–H groups in total. The van der Waals surface area contributed by atoms with Crippen LogP contribution in [-0.2, 0) is 4.79 Å². The highest BCUT2D eigenvalue weighted by molar-refractivity contribution is 5.85. The van der Waals surface area contributed by atoms with E-state index in [4.69, 9.17) is 5.73 Å². The lowest BCUT2D eigenvalue weighted by Gasteiger charge is -2.37. The Balaban J connectivity index is 0.00000200. The number of halogens is 1. The molecular formula is C15H24ClN3O. The predicted octanol–water partition coefficient (Wildman–Crippen LogP) is 2.59. The van der Waals surface area contributed by atoms with Crippen LogP contribution in [-0.4, -0.2) is 16.4 Å². The summed E-state index contributed by atoms with van der Waals surface area (Å²) < 4.78 is 0. The highest BCUT2D eigenvalue weighted by Gasteiger charge is 2.38. The van der Waals surface area contributed by atoms with Crippen molar-refractivity contribution < 1.29 is 4.79 Å². The molecule has 1 aliphatic carbocycles. The Kier molecular flexibility index (Phi) is 5.96. The molecule has 5 heteroatoms. The molecule has 1 amide bonds. The van der Waals surface area contributed by atoms with Crippen molar-refractivity contribution in [1.29, 1.82) is 0 Å². The van der Waals surface area contributed by atoms with Crippen molar-refractivity contribution in [2.45, 2.75) is 51.1 Å². The normalized spacial score (nSPS) is 27.2. The minimum absolute atomic E-state index is 0. The first-order valence-corrected chi connectivity index (χ1v) is 7.00. The number of amides is 1. The summed E-state index contributed by atoms with van der Waals surface area (Å²) in [7, 11) is 0. The Morgan fingerprint density at radius 1 is 1.55 bits per heavy atom. The zero-order chi connectivity index (χ0) is 13.9. The van der Waals surface area contributed by atoms with Gasteiger partial charge in [-0.1, -0.05) is 18.9 Å². The largest absolute Gasteiger partial charge is 0.349 e. The van der Waals surface area contributed by atoms with E-state index in [1.807, 2.05) is 26.0 Å². The third-order valence-electron chi connectivity index (χ3n) is 4.11. The van der Waals surface area contributed by atoms with Crippen LogP contribution in [0.25, 0.3) is 0 Å². The molecule has 3 unspecified atom stereocenters. The van der Waals surface area contributed by atoms with E-state index in [9.17, 15) is 4.79 Å². The molecule has 2 rings (SSSR count). The number of nitrogens with one attached hydrogen (secondary N) is 1. The zero-order valence-electron chi connectivity index (χ0n) is 12.1. The summed E-state index contributed by atoms with van der Waals surface area (Å²) in [4.78, 5) is 16.5. The Labute approximate surface area is 126 Å². The first-order chi connectivity index (χ1) is 9.00. The summed E-state index contributed by atoms with van der Waals surface area (Å²) in [5.74, 6) is -0.0126. The van der Waals surface area contributed by atoms with E-state index >= 15 is 0 Å². The Bertz CT molecular complexity index is 436. The van der Waals surface area contributed by atoms with Crippen LogP contribution < -0.4 is 11.1 Å². The standard InChI is InChI=1S/C15H23N3O.ClH/c1-11(12-6-5-9-17-10-12)18-14(19)13-7-3-4-8-15(13,2)16;/h5-6,9-11,13H,3-4,7-8,16H2,1-2H3,(H,18,19);1H.